The van der Waals surface area contributed by atoms with Gasteiger partial charge in [0.15, 0.2) is 5.60 Å². The standard InChI is InChI=1S/C13H17NO5/c1-8-6-9-7-10(13(8,17)12(16)19-9)11(15)14-2-4-18-5-3-14/h6,9-10,17H,2-5,7H2,1H3. The number of carbonyl (C=O) groups is 2. The van der Waals surface area contributed by atoms with E-state index in [1.165, 1.54) is 0 Å². The molecule has 3 aliphatic heterocycles. The number of carbonyl (C=O) groups excluding carboxylic acids is 2. The molecular formula is C13H17NO5. The van der Waals surface area contributed by atoms with Crippen LogP contribution in [0.2, 0.25) is 0 Å². The van der Waals surface area contributed by atoms with Crippen molar-refractivity contribution in [2.45, 2.75) is 25.0 Å². The van der Waals surface area contributed by atoms with Crippen LogP contribution in [0.25, 0.3) is 0 Å². The average molecular weight is 267 g/mol. The maximum atomic E-state index is 12.5. The van der Waals surface area contributed by atoms with Crippen LogP contribution in [0.15, 0.2) is 11.6 Å². The first-order valence-corrected chi connectivity index (χ1v) is 6.52. The van der Waals surface area contributed by atoms with Gasteiger partial charge in [-0.25, -0.2) is 4.79 Å². The summed E-state index contributed by atoms with van der Waals surface area (Å²) in [7, 11) is 0. The van der Waals surface area contributed by atoms with Gasteiger partial charge in [0.05, 0.1) is 19.1 Å². The van der Waals surface area contributed by atoms with Crippen molar-refractivity contribution in [1.29, 1.82) is 0 Å². The molecule has 19 heavy (non-hydrogen) atoms. The molecule has 3 heterocycles. The number of amides is 1. The number of ether oxygens (including phenoxy) is 2. The van der Waals surface area contributed by atoms with Gasteiger partial charge in [-0.2, -0.15) is 0 Å². The number of esters is 1. The second kappa shape index (κ2) is 4.31. The van der Waals surface area contributed by atoms with E-state index < -0.39 is 23.6 Å². The van der Waals surface area contributed by atoms with Gasteiger partial charge in [-0.05, 0) is 18.6 Å². The molecule has 2 bridgehead atoms. The Kier molecular flexibility index (Phi) is 2.87. The SMILES string of the molecule is CC1=CC2CC(C(=O)N3CCOCC3)C1(O)C(=O)O2. The van der Waals surface area contributed by atoms with Crippen LogP contribution in [0, 0.1) is 5.92 Å². The Hall–Kier alpha value is -1.40. The number of nitrogens with zero attached hydrogens (tertiary/aromatic N) is 1. The van der Waals surface area contributed by atoms with Crippen molar-refractivity contribution < 1.29 is 24.2 Å². The van der Waals surface area contributed by atoms with Crippen molar-refractivity contribution in [2.24, 2.45) is 5.92 Å². The normalized spacial score (nSPS) is 37.9. The highest BCUT2D eigenvalue weighted by Crippen LogP contribution is 2.42. The lowest BCUT2D eigenvalue weighted by Gasteiger charge is -2.46. The Morgan fingerprint density at radius 3 is 2.79 bits per heavy atom. The molecule has 0 aromatic carbocycles. The number of morpholine rings is 1. The summed E-state index contributed by atoms with van der Waals surface area (Å²) in [6.07, 6.45) is 1.69. The maximum absolute atomic E-state index is 12.5. The third-order valence-corrected chi connectivity index (χ3v) is 4.20. The van der Waals surface area contributed by atoms with Crippen LogP contribution in [0.1, 0.15) is 13.3 Å². The van der Waals surface area contributed by atoms with E-state index in [2.05, 4.69) is 0 Å². The molecule has 6 heteroatoms. The van der Waals surface area contributed by atoms with Gasteiger partial charge in [0.1, 0.15) is 6.10 Å². The highest BCUT2D eigenvalue weighted by atomic mass is 16.6. The second-order valence-corrected chi connectivity index (χ2v) is 5.29. The first-order chi connectivity index (χ1) is 9.03. The van der Waals surface area contributed by atoms with E-state index in [1.54, 1.807) is 17.9 Å². The minimum Gasteiger partial charge on any atom is -0.456 e. The fourth-order valence-corrected chi connectivity index (χ4v) is 3.05. The summed E-state index contributed by atoms with van der Waals surface area (Å²) in [5.41, 5.74) is -1.27. The molecule has 6 nitrogen and oxygen atoms in total. The predicted octanol–water partition coefficient (Wildman–Crippen LogP) is -0.532. The van der Waals surface area contributed by atoms with E-state index >= 15 is 0 Å². The number of hydrogen-bond acceptors (Lipinski definition) is 5. The van der Waals surface area contributed by atoms with Gasteiger partial charge in [-0.15, -0.1) is 0 Å². The molecule has 0 aromatic heterocycles. The van der Waals surface area contributed by atoms with Gasteiger partial charge in [0, 0.05) is 19.5 Å². The molecule has 4 aliphatic rings. The highest BCUT2D eigenvalue weighted by Gasteiger charge is 2.58. The lowest BCUT2D eigenvalue weighted by molar-refractivity contribution is -0.192. The van der Waals surface area contributed by atoms with Crippen molar-refractivity contribution in [3.05, 3.63) is 11.6 Å². The molecule has 3 atom stereocenters. The minimum atomic E-state index is -1.79. The van der Waals surface area contributed by atoms with Crippen LogP contribution >= 0.6 is 0 Å². The lowest BCUT2D eigenvalue weighted by Crippen LogP contribution is -2.62. The van der Waals surface area contributed by atoms with Gasteiger partial charge in [0.25, 0.3) is 0 Å². The van der Waals surface area contributed by atoms with Crippen LogP contribution in [0.4, 0.5) is 0 Å². The second-order valence-electron chi connectivity index (χ2n) is 5.29. The van der Waals surface area contributed by atoms with Crippen molar-refractivity contribution in [2.75, 3.05) is 26.3 Å². The third kappa shape index (κ3) is 1.78. The van der Waals surface area contributed by atoms with E-state index in [0.29, 0.717) is 38.3 Å². The summed E-state index contributed by atoms with van der Waals surface area (Å²) >= 11 is 0. The van der Waals surface area contributed by atoms with E-state index in [0.717, 1.165) is 0 Å². The first-order valence-electron chi connectivity index (χ1n) is 6.52. The van der Waals surface area contributed by atoms with Crippen LogP contribution < -0.4 is 0 Å². The molecule has 0 aromatic rings. The van der Waals surface area contributed by atoms with Gasteiger partial charge in [-0.1, -0.05) is 0 Å². The number of aliphatic hydroxyl groups is 1. The Morgan fingerprint density at radius 1 is 1.47 bits per heavy atom. The number of fused-ring (bicyclic) bond motifs is 2. The topological polar surface area (TPSA) is 76.1 Å². The third-order valence-electron chi connectivity index (χ3n) is 4.20. The van der Waals surface area contributed by atoms with Crippen LogP contribution in [-0.4, -0.2) is 59.9 Å². The molecule has 0 radical (unpaired) electrons. The summed E-state index contributed by atoms with van der Waals surface area (Å²) < 4.78 is 10.3. The molecule has 4 rings (SSSR count). The number of hydrogen-bond donors (Lipinski definition) is 1. The highest BCUT2D eigenvalue weighted by molar-refractivity contribution is 5.94. The smallest absolute Gasteiger partial charge is 0.343 e. The molecule has 2 fully saturated rings. The molecule has 1 aliphatic carbocycles. The van der Waals surface area contributed by atoms with E-state index in [9.17, 15) is 14.7 Å². The quantitative estimate of drug-likeness (QED) is 0.510. The van der Waals surface area contributed by atoms with Gasteiger partial charge in [0.2, 0.25) is 5.91 Å². The molecule has 2 saturated heterocycles. The summed E-state index contributed by atoms with van der Waals surface area (Å²) in [6, 6.07) is 0. The zero-order valence-electron chi connectivity index (χ0n) is 10.8. The summed E-state index contributed by atoms with van der Waals surface area (Å²) in [5, 5.41) is 10.6. The van der Waals surface area contributed by atoms with E-state index in [-0.39, 0.29) is 5.91 Å². The predicted molar refractivity (Wildman–Crippen MR) is 64.1 cm³/mol. The first kappa shape index (κ1) is 12.6. The molecule has 1 N–H and O–H groups in total. The van der Waals surface area contributed by atoms with Crippen molar-refractivity contribution in [3.63, 3.8) is 0 Å². The van der Waals surface area contributed by atoms with Crippen molar-refractivity contribution in [3.8, 4) is 0 Å². The summed E-state index contributed by atoms with van der Waals surface area (Å²) in [4.78, 5) is 26.1. The minimum absolute atomic E-state index is 0.181. The molecule has 0 spiro atoms. The Labute approximate surface area is 111 Å². The molecule has 3 unspecified atom stereocenters. The van der Waals surface area contributed by atoms with Gasteiger partial charge < -0.3 is 19.5 Å². The summed E-state index contributed by atoms with van der Waals surface area (Å²) in [6.45, 7) is 3.69. The molecule has 0 saturated carbocycles. The lowest BCUT2D eigenvalue weighted by atomic mass is 9.71. The average Bonchev–Trinajstić information content (AvgIpc) is 2.41. The Bertz CT molecular complexity index is 454. The van der Waals surface area contributed by atoms with Gasteiger partial charge in [-0.3, -0.25) is 4.79 Å². The van der Waals surface area contributed by atoms with Crippen molar-refractivity contribution >= 4 is 11.9 Å². The molecular weight excluding hydrogens is 250 g/mol. The van der Waals surface area contributed by atoms with Gasteiger partial charge >= 0.3 is 5.97 Å². The monoisotopic (exact) mass is 267 g/mol. The Morgan fingerprint density at radius 2 is 2.16 bits per heavy atom. The zero-order chi connectivity index (χ0) is 13.6. The fraction of sp³-hybridized carbons (Fsp3) is 0.692. The van der Waals surface area contributed by atoms with Crippen LogP contribution in [0.5, 0.6) is 0 Å². The van der Waals surface area contributed by atoms with Crippen LogP contribution in [-0.2, 0) is 19.1 Å². The van der Waals surface area contributed by atoms with Crippen LogP contribution in [0.3, 0.4) is 0 Å². The molecule has 1 amide bonds. The van der Waals surface area contributed by atoms with E-state index in [1.807, 2.05) is 0 Å². The van der Waals surface area contributed by atoms with Crippen molar-refractivity contribution in [1.82, 2.24) is 4.90 Å². The van der Waals surface area contributed by atoms with E-state index in [4.69, 9.17) is 9.47 Å². The number of rotatable bonds is 1. The Balaban J connectivity index is 1.87. The largest absolute Gasteiger partial charge is 0.456 e. The fourth-order valence-electron chi connectivity index (χ4n) is 3.05. The molecule has 104 valence electrons. The zero-order valence-corrected chi connectivity index (χ0v) is 10.8. The maximum Gasteiger partial charge on any atom is 0.343 e. The summed E-state index contributed by atoms with van der Waals surface area (Å²) in [5.74, 6) is -1.61.